The van der Waals surface area contributed by atoms with Crippen LogP contribution in [0.4, 0.5) is 0 Å². The summed E-state index contributed by atoms with van der Waals surface area (Å²) in [4.78, 5) is 0.239. The fraction of sp³-hybridized carbons (Fsp3) is 0.700. The van der Waals surface area contributed by atoms with Crippen LogP contribution in [0.15, 0.2) is 17.3 Å². The molecule has 0 aliphatic heterocycles. The van der Waals surface area contributed by atoms with Gasteiger partial charge in [-0.15, -0.1) is 0 Å². The van der Waals surface area contributed by atoms with Crippen LogP contribution in [-0.2, 0) is 16.6 Å². The normalized spacial score (nSPS) is 12.2. The van der Waals surface area contributed by atoms with Gasteiger partial charge in [0.1, 0.15) is 4.90 Å². The van der Waals surface area contributed by atoms with E-state index in [9.17, 15) is 8.42 Å². The zero-order valence-electron chi connectivity index (χ0n) is 10.7. The molecular weight excluding hydrogens is 272 g/mol. The first kappa shape index (κ1) is 15.5. The second kappa shape index (κ2) is 7.13. The molecule has 0 radical (unpaired) electrons. The van der Waals surface area contributed by atoms with Crippen LogP contribution in [0.3, 0.4) is 0 Å². The number of sulfonamides is 1. The zero-order valence-corrected chi connectivity index (χ0v) is 12.4. The lowest BCUT2D eigenvalue weighted by Gasteiger charge is -2.14. The number of nitrogens with zero attached hydrogens (tertiary/aromatic N) is 3. The fourth-order valence-corrected chi connectivity index (χ4v) is 3.07. The summed E-state index contributed by atoms with van der Waals surface area (Å²) in [7, 11) is -1.82. The molecule has 8 heteroatoms. The van der Waals surface area contributed by atoms with Crippen LogP contribution in [0.1, 0.15) is 6.42 Å². The Bertz CT molecular complexity index is 458. The van der Waals surface area contributed by atoms with Gasteiger partial charge in [0.15, 0.2) is 0 Å². The van der Waals surface area contributed by atoms with Gasteiger partial charge in [-0.1, -0.05) is 0 Å². The topological polar surface area (TPSA) is 81.2 Å². The lowest BCUT2D eigenvalue weighted by molar-refractivity contribution is 0.488. The molecule has 0 fully saturated rings. The highest BCUT2D eigenvalue weighted by Gasteiger charge is 2.21. The van der Waals surface area contributed by atoms with Gasteiger partial charge in [-0.05, 0) is 19.2 Å². The molecule has 1 aromatic rings. The van der Waals surface area contributed by atoms with E-state index in [4.69, 9.17) is 5.73 Å². The minimum atomic E-state index is -3.41. The first-order valence-electron chi connectivity index (χ1n) is 5.70. The lowest BCUT2D eigenvalue weighted by Crippen LogP contribution is -2.28. The van der Waals surface area contributed by atoms with Crippen LogP contribution >= 0.6 is 11.8 Å². The highest BCUT2D eigenvalue weighted by atomic mass is 32.2. The van der Waals surface area contributed by atoms with Crippen molar-refractivity contribution in [3.63, 3.8) is 0 Å². The zero-order chi connectivity index (χ0) is 13.6. The van der Waals surface area contributed by atoms with Crippen molar-refractivity contribution in [2.75, 3.05) is 32.1 Å². The molecule has 104 valence electrons. The average Bonchev–Trinajstić information content (AvgIpc) is 2.82. The smallest absolute Gasteiger partial charge is 0.245 e. The lowest BCUT2D eigenvalue weighted by atomic mass is 10.4. The summed E-state index contributed by atoms with van der Waals surface area (Å²) in [5.74, 6) is 0.775. The molecule has 1 aromatic heterocycles. The first-order valence-corrected chi connectivity index (χ1v) is 8.53. The largest absolute Gasteiger partial charge is 0.330 e. The van der Waals surface area contributed by atoms with Crippen molar-refractivity contribution in [1.82, 2.24) is 14.1 Å². The fourth-order valence-electron chi connectivity index (χ4n) is 1.37. The van der Waals surface area contributed by atoms with Crippen molar-refractivity contribution >= 4 is 21.8 Å². The second-order valence-corrected chi connectivity index (χ2v) is 6.93. The molecule has 0 amide bonds. The van der Waals surface area contributed by atoms with Gasteiger partial charge >= 0.3 is 0 Å². The Balaban J connectivity index is 2.75. The van der Waals surface area contributed by atoms with E-state index in [2.05, 4.69) is 5.10 Å². The Hall–Kier alpha value is -0.570. The van der Waals surface area contributed by atoms with Crippen molar-refractivity contribution in [3.8, 4) is 0 Å². The van der Waals surface area contributed by atoms with E-state index >= 15 is 0 Å². The van der Waals surface area contributed by atoms with Gasteiger partial charge in [0, 0.05) is 32.1 Å². The molecule has 0 aliphatic rings. The first-order chi connectivity index (χ1) is 8.52. The van der Waals surface area contributed by atoms with Gasteiger partial charge in [0.25, 0.3) is 0 Å². The third-order valence-electron chi connectivity index (χ3n) is 2.52. The van der Waals surface area contributed by atoms with Crippen molar-refractivity contribution in [2.24, 2.45) is 5.73 Å². The molecule has 0 unspecified atom stereocenters. The van der Waals surface area contributed by atoms with Gasteiger partial charge in [-0.2, -0.15) is 16.9 Å². The summed E-state index contributed by atoms with van der Waals surface area (Å²) in [6, 6.07) is 0. The molecule has 0 spiro atoms. The van der Waals surface area contributed by atoms with E-state index in [0.717, 1.165) is 12.2 Å². The Morgan fingerprint density at radius 2 is 2.28 bits per heavy atom. The van der Waals surface area contributed by atoms with Crippen LogP contribution in [0.2, 0.25) is 0 Å². The van der Waals surface area contributed by atoms with E-state index in [0.29, 0.717) is 19.6 Å². The van der Waals surface area contributed by atoms with Crippen molar-refractivity contribution in [2.45, 2.75) is 17.9 Å². The number of nitrogens with two attached hydrogens (primary N) is 1. The molecule has 0 saturated heterocycles. The predicted octanol–water partition coefficient (Wildman–Crippen LogP) is 0.215. The number of hydrogen-bond acceptors (Lipinski definition) is 5. The van der Waals surface area contributed by atoms with Gasteiger partial charge < -0.3 is 5.73 Å². The number of aromatic nitrogens is 2. The van der Waals surface area contributed by atoms with E-state index in [1.807, 2.05) is 6.26 Å². The number of hydrogen-bond donors (Lipinski definition) is 1. The predicted molar refractivity (Wildman–Crippen MR) is 74.1 cm³/mol. The van der Waals surface area contributed by atoms with Crippen molar-refractivity contribution < 1.29 is 8.42 Å². The molecule has 0 atom stereocenters. The van der Waals surface area contributed by atoms with Crippen LogP contribution < -0.4 is 5.73 Å². The quantitative estimate of drug-likeness (QED) is 0.741. The van der Waals surface area contributed by atoms with E-state index < -0.39 is 10.0 Å². The molecule has 0 aromatic carbocycles. The highest BCUT2D eigenvalue weighted by molar-refractivity contribution is 7.98. The summed E-state index contributed by atoms with van der Waals surface area (Å²) in [6.07, 6.45) is 5.68. The third kappa shape index (κ3) is 3.98. The Kier molecular flexibility index (Phi) is 6.13. The summed E-state index contributed by atoms with van der Waals surface area (Å²) < 4.78 is 27.3. The average molecular weight is 292 g/mol. The number of rotatable bonds is 8. The van der Waals surface area contributed by atoms with Crippen LogP contribution in [-0.4, -0.2) is 54.6 Å². The second-order valence-electron chi connectivity index (χ2n) is 3.90. The molecule has 18 heavy (non-hydrogen) atoms. The maximum absolute atomic E-state index is 12.2. The van der Waals surface area contributed by atoms with Gasteiger partial charge in [0.05, 0.1) is 6.20 Å². The molecule has 0 aliphatic carbocycles. The summed E-state index contributed by atoms with van der Waals surface area (Å²) in [6.45, 7) is 1.70. The number of thioether (sulfide) groups is 1. The maximum Gasteiger partial charge on any atom is 0.245 e. The summed E-state index contributed by atoms with van der Waals surface area (Å²) >= 11 is 1.62. The molecule has 2 N–H and O–H groups in total. The molecular formula is C10H20N4O2S2. The van der Waals surface area contributed by atoms with E-state index in [-0.39, 0.29) is 4.90 Å². The minimum Gasteiger partial charge on any atom is -0.330 e. The van der Waals surface area contributed by atoms with Crippen molar-refractivity contribution in [3.05, 3.63) is 12.4 Å². The number of aryl methyl sites for hydroxylation is 1. The molecule has 0 saturated carbocycles. The third-order valence-corrected chi connectivity index (χ3v) is 4.92. The van der Waals surface area contributed by atoms with Crippen LogP contribution in [0.5, 0.6) is 0 Å². The van der Waals surface area contributed by atoms with Crippen LogP contribution in [0.25, 0.3) is 0 Å². The maximum atomic E-state index is 12.2. The highest BCUT2D eigenvalue weighted by Crippen LogP contribution is 2.13. The summed E-state index contributed by atoms with van der Waals surface area (Å²) in [5, 5.41) is 4.03. The van der Waals surface area contributed by atoms with E-state index in [1.54, 1.807) is 29.7 Å². The molecule has 0 bridgehead atoms. The van der Waals surface area contributed by atoms with Gasteiger partial charge in [-0.3, -0.25) is 4.68 Å². The Labute approximate surface area is 113 Å². The molecule has 6 nitrogen and oxygen atoms in total. The molecule has 1 heterocycles. The Morgan fingerprint density at radius 1 is 1.56 bits per heavy atom. The summed E-state index contributed by atoms with van der Waals surface area (Å²) in [5.41, 5.74) is 5.40. The van der Waals surface area contributed by atoms with Crippen molar-refractivity contribution in [1.29, 1.82) is 0 Å². The van der Waals surface area contributed by atoms with E-state index in [1.165, 1.54) is 10.5 Å². The molecule has 1 rings (SSSR count). The Morgan fingerprint density at radius 3 is 2.89 bits per heavy atom. The van der Waals surface area contributed by atoms with Gasteiger partial charge in [-0.25, -0.2) is 12.7 Å². The van der Waals surface area contributed by atoms with Gasteiger partial charge in [0.2, 0.25) is 10.0 Å². The minimum absolute atomic E-state index is 0.239. The van der Waals surface area contributed by atoms with Crippen LogP contribution in [0, 0.1) is 0 Å². The SMILES string of the molecule is CSCCN(C)S(=O)(=O)c1cnn(CCCN)c1. The standard InChI is InChI=1S/C10H20N4O2S2/c1-13(6-7-17-2)18(15,16)10-8-12-14(9-10)5-3-4-11/h8-9H,3-7,11H2,1-2H3. The monoisotopic (exact) mass is 292 g/mol.